The van der Waals surface area contributed by atoms with Gasteiger partial charge in [-0.3, -0.25) is 0 Å². The predicted molar refractivity (Wildman–Crippen MR) is 74.7 cm³/mol. The average Bonchev–Trinajstić information content (AvgIpc) is 2.57. The summed E-state index contributed by atoms with van der Waals surface area (Å²) >= 11 is 1.78. The average molecular weight is 246 g/mol. The van der Waals surface area contributed by atoms with Gasteiger partial charge in [-0.15, -0.1) is 0 Å². The first-order valence-corrected chi connectivity index (χ1v) is 7.35. The first kappa shape index (κ1) is 11.0. The standard InChI is InChI=1S/C14H18N2S/c1-2-4-8-11(7-3-1)15-14-16-12-9-5-6-10-13(12)17-14/h5-6,9-11H,1-4,7-8H2,(H,15,16). The van der Waals surface area contributed by atoms with Crippen LogP contribution in [0.25, 0.3) is 10.2 Å². The zero-order chi connectivity index (χ0) is 11.5. The number of nitrogens with one attached hydrogen (secondary N) is 1. The molecule has 0 atom stereocenters. The van der Waals surface area contributed by atoms with Crippen LogP contribution < -0.4 is 5.32 Å². The Morgan fingerprint density at radius 1 is 1.06 bits per heavy atom. The Labute approximate surface area is 106 Å². The minimum Gasteiger partial charge on any atom is -0.359 e. The van der Waals surface area contributed by atoms with E-state index in [-0.39, 0.29) is 0 Å². The Bertz CT molecular complexity index is 451. The van der Waals surface area contributed by atoms with E-state index in [9.17, 15) is 0 Å². The number of rotatable bonds is 2. The predicted octanol–water partition coefficient (Wildman–Crippen LogP) is 4.43. The Hall–Kier alpha value is -1.09. The van der Waals surface area contributed by atoms with E-state index in [4.69, 9.17) is 0 Å². The van der Waals surface area contributed by atoms with Gasteiger partial charge >= 0.3 is 0 Å². The van der Waals surface area contributed by atoms with Crippen molar-refractivity contribution in [3.63, 3.8) is 0 Å². The van der Waals surface area contributed by atoms with Crippen molar-refractivity contribution >= 4 is 26.7 Å². The molecule has 90 valence electrons. The maximum absolute atomic E-state index is 4.64. The van der Waals surface area contributed by atoms with Crippen LogP contribution in [0.4, 0.5) is 5.13 Å². The molecule has 0 unspecified atom stereocenters. The molecule has 3 heteroatoms. The van der Waals surface area contributed by atoms with E-state index in [0.717, 1.165) is 10.6 Å². The number of benzene rings is 1. The number of fused-ring (bicyclic) bond motifs is 1. The van der Waals surface area contributed by atoms with Gasteiger partial charge in [0.25, 0.3) is 0 Å². The Morgan fingerprint density at radius 3 is 2.59 bits per heavy atom. The molecule has 0 radical (unpaired) electrons. The van der Waals surface area contributed by atoms with Crippen LogP contribution in [-0.4, -0.2) is 11.0 Å². The van der Waals surface area contributed by atoms with Gasteiger partial charge in [0.2, 0.25) is 0 Å². The molecule has 3 rings (SSSR count). The normalized spacial score (nSPS) is 18.1. The van der Waals surface area contributed by atoms with Crippen molar-refractivity contribution in [2.75, 3.05) is 5.32 Å². The number of hydrogen-bond acceptors (Lipinski definition) is 3. The fraction of sp³-hybridized carbons (Fsp3) is 0.500. The molecule has 0 amide bonds. The lowest BCUT2D eigenvalue weighted by molar-refractivity contribution is 0.620. The van der Waals surface area contributed by atoms with E-state index in [1.165, 1.54) is 43.2 Å². The zero-order valence-corrected chi connectivity index (χ0v) is 10.8. The number of hydrogen-bond donors (Lipinski definition) is 1. The second kappa shape index (κ2) is 5.05. The number of aromatic nitrogens is 1. The van der Waals surface area contributed by atoms with Crippen molar-refractivity contribution in [3.8, 4) is 0 Å². The van der Waals surface area contributed by atoms with Crippen molar-refractivity contribution in [1.29, 1.82) is 0 Å². The lowest BCUT2D eigenvalue weighted by atomic mass is 10.1. The smallest absolute Gasteiger partial charge is 0.184 e. The molecule has 1 aliphatic rings. The first-order chi connectivity index (χ1) is 8.42. The summed E-state index contributed by atoms with van der Waals surface area (Å²) in [6, 6.07) is 9.00. The molecule has 1 N–H and O–H groups in total. The molecular formula is C14H18N2S. The van der Waals surface area contributed by atoms with Crippen molar-refractivity contribution in [2.24, 2.45) is 0 Å². The van der Waals surface area contributed by atoms with Crippen molar-refractivity contribution < 1.29 is 0 Å². The molecule has 0 saturated heterocycles. The Balaban J connectivity index is 1.75. The van der Waals surface area contributed by atoms with Crippen LogP contribution in [0, 0.1) is 0 Å². The summed E-state index contributed by atoms with van der Waals surface area (Å²) in [6.07, 6.45) is 8.13. The lowest BCUT2D eigenvalue weighted by Gasteiger charge is -2.14. The molecular weight excluding hydrogens is 228 g/mol. The van der Waals surface area contributed by atoms with Gasteiger partial charge in [-0.25, -0.2) is 4.98 Å². The van der Waals surface area contributed by atoms with Crippen LogP contribution in [0.15, 0.2) is 24.3 Å². The SMILES string of the molecule is c1ccc2sc(NC3CCCCCC3)nc2c1. The van der Waals surface area contributed by atoms with Crippen LogP contribution in [-0.2, 0) is 0 Å². The molecule has 1 saturated carbocycles. The van der Waals surface area contributed by atoms with Crippen molar-refractivity contribution in [1.82, 2.24) is 4.98 Å². The minimum absolute atomic E-state index is 0.637. The second-order valence-corrected chi connectivity index (χ2v) is 5.85. The molecule has 0 spiro atoms. The highest BCUT2D eigenvalue weighted by Gasteiger charge is 2.13. The highest BCUT2D eigenvalue weighted by Crippen LogP contribution is 2.28. The lowest BCUT2D eigenvalue weighted by Crippen LogP contribution is -2.17. The van der Waals surface area contributed by atoms with Crippen LogP contribution in [0.3, 0.4) is 0 Å². The monoisotopic (exact) mass is 246 g/mol. The van der Waals surface area contributed by atoms with Gasteiger partial charge in [0.15, 0.2) is 5.13 Å². The molecule has 2 aromatic rings. The maximum atomic E-state index is 4.64. The number of anilines is 1. The quantitative estimate of drug-likeness (QED) is 0.793. The molecule has 2 nitrogen and oxygen atoms in total. The summed E-state index contributed by atoms with van der Waals surface area (Å²) in [5, 5.41) is 4.71. The largest absolute Gasteiger partial charge is 0.359 e. The van der Waals surface area contributed by atoms with Gasteiger partial charge in [-0.1, -0.05) is 49.2 Å². The number of para-hydroxylation sites is 1. The first-order valence-electron chi connectivity index (χ1n) is 6.54. The van der Waals surface area contributed by atoms with E-state index >= 15 is 0 Å². The maximum Gasteiger partial charge on any atom is 0.184 e. The van der Waals surface area contributed by atoms with Crippen molar-refractivity contribution in [2.45, 2.75) is 44.6 Å². The summed E-state index contributed by atoms with van der Waals surface area (Å²) in [5.41, 5.74) is 1.12. The van der Waals surface area contributed by atoms with Crippen LogP contribution in [0.1, 0.15) is 38.5 Å². The molecule has 1 aromatic carbocycles. The van der Waals surface area contributed by atoms with Crippen molar-refractivity contribution in [3.05, 3.63) is 24.3 Å². The zero-order valence-electron chi connectivity index (χ0n) is 9.98. The molecule has 1 heterocycles. The van der Waals surface area contributed by atoms with Crippen LogP contribution in [0.2, 0.25) is 0 Å². The fourth-order valence-corrected chi connectivity index (χ4v) is 3.48. The van der Waals surface area contributed by atoms with Gasteiger partial charge in [-0.05, 0) is 25.0 Å². The summed E-state index contributed by atoms with van der Waals surface area (Å²) < 4.78 is 1.28. The second-order valence-electron chi connectivity index (χ2n) is 4.82. The topological polar surface area (TPSA) is 24.9 Å². The third-order valence-electron chi connectivity index (χ3n) is 3.48. The van der Waals surface area contributed by atoms with Crippen LogP contribution >= 0.6 is 11.3 Å². The van der Waals surface area contributed by atoms with E-state index in [1.807, 2.05) is 0 Å². The third kappa shape index (κ3) is 2.60. The van der Waals surface area contributed by atoms with E-state index in [2.05, 4.69) is 34.6 Å². The molecule has 0 aliphatic heterocycles. The van der Waals surface area contributed by atoms with Gasteiger partial charge in [0.05, 0.1) is 10.2 Å². The Morgan fingerprint density at radius 2 is 1.82 bits per heavy atom. The summed E-state index contributed by atoms with van der Waals surface area (Å²) in [5.74, 6) is 0. The molecule has 17 heavy (non-hydrogen) atoms. The highest BCUT2D eigenvalue weighted by atomic mass is 32.1. The van der Waals surface area contributed by atoms with Crippen LogP contribution in [0.5, 0.6) is 0 Å². The minimum atomic E-state index is 0.637. The van der Waals surface area contributed by atoms with Gasteiger partial charge in [-0.2, -0.15) is 0 Å². The molecule has 0 bridgehead atoms. The molecule has 1 aromatic heterocycles. The molecule has 1 aliphatic carbocycles. The van der Waals surface area contributed by atoms with Gasteiger partial charge in [0.1, 0.15) is 0 Å². The summed E-state index contributed by atoms with van der Waals surface area (Å²) in [4.78, 5) is 4.64. The highest BCUT2D eigenvalue weighted by molar-refractivity contribution is 7.22. The van der Waals surface area contributed by atoms with E-state index in [1.54, 1.807) is 11.3 Å². The number of nitrogens with zero attached hydrogens (tertiary/aromatic N) is 1. The van der Waals surface area contributed by atoms with Gasteiger partial charge in [0, 0.05) is 6.04 Å². The van der Waals surface area contributed by atoms with E-state index < -0.39 is 0 Å². The Kier molecular flexibility index (Phi) is 3.27. The van der Waals surface area contributed by atoms with E-state index in [0.29, 0.717) is 6.04 Å². The third-order valence-corrected chi connectivity index (χ3v) is 4.44. The number of thiazole rings is 1. The fourth-order valence-electron chi connectivity index (χ4n) is 2.53. The molecule has 1 fully saturated rings. The van der Waals surface area contributed by atoms with Gasteiger partial charge < -0.3 is 5.32 Å². The summed E-state index contributed by atoms with van der Waals surface area (Å²) in [7, 11) is 0. The summed E-state index contributed by atoms with van der Waals surface area (Å²) in [6.45, 7) is 0.